The number of aliphatic hydroxyl groups is 1. The molecule has 1 aromatic rings. The van der Waals surface area contributed by atoms with E-state index in [4.69, 9.17) is 5.11 Å². The number of halogens is 1. The van der Waals surface area contributed by atoms with Crippen molar-refractivity contribution >= 4 is 12.0 Å². The van der Waals surface area contributed by atoms with Crippen molar-refractivity contribution < 1.29 is 14.3 Å². The Morgan fingerprint density at radius 1 is 1.53 bits per heavy atom. The van der Waals surface area contributed by atoms with Gasteiger partial charge >= 0.3 is 0 Å². The van der Waals surface area contributed by atoms with E-state index in [1.54, 1.807) is 37.3 Å². The van der Waals surface area contributed by atoms with Crippen LogP contribution in [0.5, 0.6) is 0 Å². The Hall–Kier alpha value is -1.68. The van der Waals surface area contributed by atoms with Gasteiger partial charge in [-0.3, -0.25) is 4.79 Å². The topological polar surface area (TPSA) is 49.3 Å². The monoisotopic (exact) mass is 237 g/mol. The van der Waals surface area contributed by atoms with Crippen molar-refractivity contribution in [3.8, 4) is 0 Å². The van der Waals surface area contributed by atoms with Gasteiger partial charge < -0.3 is 10.4 Å². The maximum atomic E-state index is 13.2. The van der Waals surface area contributed by atoms with Crippen molar-refractivity contribution in [3.63, 3.8) is 0 Å². The molecule has 1 aromatic carbocycles. The van der Waals surface area contributed by atoms with Crippen LogP contribution in [0.2, 0.25) is 0 Å². The van der Waals surface area contributed by atoms with Gasteiger partial charge in [-0.15, -0.1) is 0 Å². The molecule has 0 aliphatic rings. The number of benzene rings is 1. The van der Waals surface area contributed by atoms with Crippen molar-refractivity contribution in [2.24, 2.45) is 0 Å². The molecule has 3 nitrogen and oxygen atoms in total. The number of rotatable bonds is 5. The van der Waals surface area contributed by atoms with E-state index in [1.807, 2.05) is 0 Å². The molecule has 0 heterocycles. The average Bonchev–Trinajstić information content (AvgIpc) is 2.29. The molecule has 1 atom stereocenters. The van der Waals surface area contributed by atoms with E-state index in [-0.39, 0.29) is 24.7 Å². The largest absolute Gasteiger partial charge is 0.392 e. The second kappa shape index (κ2) is 6.81. The Balaban J connectivity index is 2.40. The van der Waals surface area contributed by atoms with Crippen molar-refractivity contribution in [1.29, 1.82) is 0 Å². The second-order valence-corrected chi connectivity index (χ2v) is 3.78. The lowest BCUT2D eigenvalue weighted by Crippen LogP contribution is -2.29. The highest BCUT2D eigenvalue weighted by Gasteiger charge is 2.00. The lowest BCUT2D eigenvalue weighted by molar-refractivity contribution is -0.120. The van der Waals surface area contributed by atoms with Crippen LogP contribution in [0.15, 0.2) is 30.3 Å². The first-order valence-corrected chi connectivity index (χ1v) is 5.45. The molecule has 0 aromatic heterocycles. The van der Waals surface area contributed by atoms with Gasteiger partial charge in [0.2, 0.25) is 5.91 Å². The molecule has 0 saturated carbocycles. The normalized spacial score (nSPS) is 12.6. The van der Waals surface area contributed by atoms with Gasteiger partial charge in [0.05, 0.1) is 6.10 Å². The molecule has 0 saturated heterocycles. The highest BCUT2D eigenvalue weighted by Crippen LogP contribution is 2.08. The van der Waals surface area contributed by atoms with Crippen LogP contribution in [0.1, 0.15) is 18.9 Å². The summed E-state index contributed by atoms with van der Waals surface area (Å²) in [7, 11) is 0. The van der Waals surface area contributed by atoms with E-state index < -0.39 is 6.10 Å². The summed E-state index contributed by atoms with van der Waals surface area (Å²) in [6, 6.07) is 6.35. The highest BCUT2D eigenvalue weighted by atomic mass is 19.1. The van der Waals surface area contributed by atoms with Crippen molar-refractivity contribution in [2.75, 3.05) is 6.54 Å². The van der Waals surface area contributed by atoms with Crippen LogP contribution in [0.25, 0.3) is 6.08 Å². The average molecular weight is 237 g/mol. The molecule has 1 unspecified atom stereocenters. The summed E-state index contributed by atoms with van der Waals surface area (Å²) in [6.45, 7) is 1.82. The number of aliphatic hydroxyl groups excluding tert-OH is 1. The number of hydrogen-bond donors (Lipinski definition) is 2. The Morgan fingerprint density at radius 2 is 2.24 bits per heavy atom. The summed E-state index contributed by atoms with van der Waals surface area (Å²) < 4.78 is 13.2. The van der Waals surface area contributed by atoms with E-state index in [2.05, 4.69) is 5.32 Å². The lowest BCUT2D eigenvalue weighted by atomic mass is 10.2. The maximum absolute atomic E-state index is 13.2. The van der Waals surface area contributed by atoms with Gasteiger partial charge in [0, 0.05) is 18.5 Å². The van der Waals surface area contributed by atoms with Crippen LogP contribution in [0, 0.1) is 5.82 Å². The molecule has 0 aliphatic heterocycles. The molecule has 2 N–H and O–H groups in total. The van der Waals surface area contributed by atoms with E-state index in [0.29, 0.717) is 5.56 Å². The van der Waals surface area contributed by atoms with E-state index in [1.165, 1.54) is 6.07 Å². The molecule has 0 radical (unpaired) electrons. The smallest absolute Gasteiger partial charge is 0.223 e. The Morgan fingerprint density at radius 3 is 2.88 bits per heavy atom. The van der Waals surface area contributed by atoms with Gasteiger partial charge in [-0.05, 0) is 13.0 Å². The zero-order valence-corrected chi connectivity index (χ0v) is 9.69. The molecule has 0 fully saturated rings. The SMILES string of the molecule is CC(O)CNC(=O)C/C=C/c1ccccc1F. The quantitative estimate of drug-likeness (QED) is 0.819. The van der Waals surface area contributed by atoms with Crippen molar-refractivity contribution in [2.45, 2.75) is 19.4 Å². The summed E-state index contributed by atoms with van der Waals surface area (Å²) >= 11 is 0. The minimum Gasteiger partial charge on any atom is -0.392 e. The number of carbonyl (C=O) groups is 1. The molecular formula is C13H16FNO2. The molecular weight excluding hydrogens is 221 g/mol. The summed E-state index contributed by atoms with van der Waals surface area (Å²) in [4.78, 5) is 11.3. The molecule has 0 bridgehead atoms. The molecule has 4 heteroatoms. The third-order valence-electron chi connectivity index (χ3n) is 2.10. The fourth-order valence-electron chi connectivity index (χ4n) is 1.24. The van der Waals surface area contributed by atoms with Crippen LogP contribution in [-0.2, 0) is 4.79 Å². The molecule has 0 spiro atoms. The van der Waals surface area contributed by atoms with Crippen LogP contribution in [0.3, 0.4) is 0 Å². The fraction of sp³-hybridized carbons (Fsp3) is 0.308. The lowest BCUT2D eigenvalue weighted by Gasteiger charge is -2.04. The van der Waals surface area contributed by atoms with Gasteiger partial charge in [0.1, 0.15) is 5.82 Å². The summed E-state index contributed by atoms with van der Waals surface area (Å²) in [5.41, 5.74) is 0.454. The van der Waals surface area contributed by atoms with Crippen LogP contribution >= 0.6 is 0 Å². The van der Waals surface area contributed by atoms with E-state index in [9.17, 15) is 9.18 Å². The van der Waals surface area contributed by atoms with E-state index in [0.717, 1.165) is 0 Å². The van der Waals surface area contributed by atoms with Crippen LogP contribution in [-0.4, -0.2) is 23.7 Å². The number of nitrogens with one attached hydrogen (secondary N) is 1. The first-order chi connectivity index (χ1) is 8.09. The standard InChI is InChI=1S/C13H16FNO2/c1-10(16)9-15-13(17)8-4-6-11-5-2-3-7-12(11)14/h2-7,10,16H,8-9H2,1H3,(H,15,17)/b6-4+. The molecule has 17 heavy (non-hydrogen) atoms. The van der Waals surface area contributed by atoms with Gasteiger partial charge in [-0.1, -0.05) is 30.4 Å². The van der Waals surface area contributed by atoms with Crippen molar-refractivity contribution in [1.82, 2.24) is 5.32 Å². The van der Waals surface area contributed by atoms with Crippen LogP contribution < -0.4 is 5.32 Å². The third kappa shape index (κ3) is 5.26. The van der Waals surface area contributed by atoms with Gasteiger partial charge in [-0.25, -0.2) is 4.39 Å². The summed E-state index contributed by atoms with van der Waals surface area (Å²) in [6.07, 6.45) is 2.77. The Bertz CT molecular complexity index is 402. The third-order valence-corrected chi connectivity index (χ3v) is 2.10. The predicted octanol–water partition coefficient (Wildman–Crippen LogP) is 1.73. The highest BCUT2D eigenvalue weighted by molar-refractivity contribution is 5.78. The van der Waals surface area contributed by atoms with Gasteiger partial charge in [0.15, 0.2) is 0 Å². The number of carbonyl (C=O) groups excluding carboxylic acids is 1. The molecule has 92 valence electrons. The minimum absolute atomic E-state index is 0.168. The molecule has 1 rings (SSSR count). The van der Waals surface area contributed by atoms with Crippen LogP contribution in [0.4, 0.5) is 4.39 Å². The Kier molecular flexibility index (Phi) is 5.36. The number of hydrogen-bond acceptors (Lipinski definition) is 2. The van der Waals surface area contributed by atoms with E-state index >= 15 is 0 Å². The summed E-state index contributed by atoms with van der Waals surface area (Å²) in [5, 5.41) is 11.5. The minimum atomic E-state index is -0.561. The zero-order chi connectivity index (χ0) is 12.7. The zero-order valence-electron chi connectivity index (χ0n) is 9.69. The van der Waals surface area contributed by atoms with Gasteiger partial charge in [0.25, 0.3) is 0 Å². The fourth-order valence-corrected chi connectivity index (χ4v) is 1.24. The van der Waals surface area contributed by atoms with Gasteiger partial charge in [-0.2, -0.15) is 0 Å². The first kappa shape index (κ1) is 13.4. The molecule has 0 aliphatic carbocycles. The summed E-state index contributed by atoms with van der Waals surface area (Å²) in [5.74, 6) is -0.508. The van der Waals surface area contributed by atoms with Crippen molar-refractivity contribution in [3.05, 3.63) is 41.7 Å². The molecule has 1 amide bonds. The first-order valence-electron chi connectivity index (χ1n) is 5.45. The Labute approximate surface area is 100.0 Å². The number of amides is 1. The maximum Gasteiger partial charge on any atom is 0.223 e. The second-order valence-electron chi connectivity index (χ2n) is 3.78. The predicted molar refractivity (Wildman–Crippen MR) is 64.7 cm³/mol.